The van der Waals surface area contributed by atoms with Crippen LogP contribution < -0.4 is 20.1 Å². The fourth-order valence-electron chi connectivity index (χ4n) is 2.71. The van der Waals surface area contributed by atoms with Gasteiger partial charge in [0.15, 0.2) is 11.5 Å². The van der Waals surface area contributed by atoms with E-state index in [1.54, 1.807) is 19.1 Å². The van der Waals surface area contributed by atoms with Crippen LogP contribution in [-0.2, 0) is 9.53 Å². The maximum atomic E-state index is 12.4. The Morgan fingerprint density at radius 1 is 1.21 bits per heavy atom. The van der Waals surface area contributed by atoms with Crippen LogP contribution in [0.3, 0.4) is 0 Å². The molecule has 7 nitrogen and oxygen atoms in total. The first-order chi connectivity index (χ1) is 13.4. The topological polar surface area (TPSA) is 85.9 Å². The summed E-state index contributed by atoms with van der Waals surface area (Å²) >= 11 is 7.59. The summed E-state index contributed by atoms with van der Waals surface area (Å²) in [6.07, 6.45) is 0. The molecule has 1 aliphatic rings. The van der Waals surface area contributed by atoms with Crippen molar-refractivity contribution in [3.05, 3.63) is 33.2 Å². The van der Waals surface area contributed by atoms with E-state index in [4.69, 9.17) is 25.8 Å². The molecule has 2 N–H and O–H groups in total. The number of anilines is 2. The number of amides is 1. The molecule has 0 atom stereocenters. The van der Waals surface area contributed by atoms with Crippen LogP contribution in [-0.4, -0.2) is 38.2 Å². The first kappa shape index (κ1) is 20.3. The number of fused-ring (bicyclic) bond motifs is 1. The summed E-state index contributed by atoms with van der Waals surface area (Å²) in [5.74, 6) is 0.405. The second kappa shape index (κ2) is 8.70. The van der Waals surface area contributed by atoms with Crippen molar-refractivity contribution in [1.82, 2.24) is 0 Å². The van der Waals surface area contributed by atoms with Gasteiger partial charge in [-0.2, -0.15) is 0 Å². The Labute approximate surface area is 171 Å². The number of halogens is 1. The number of hydrogen-bond donors (Lipinski definition) is 2. The largest absolute Gasteiger partial charge is 0.486 e. The van der Waals surface area contributed by atoms with Gasteiger partial charge in [0, 0.05) is 17.0 Å². The van der Waals surface area contributed by atoms with E-state index in [0.717, 1.165) is 10.4 Å². The van der Waals surface area contributed by atoms with Crippen molar-refractivity contribution >= 4 is 45.5 Å². The molecule has 1 aromatic heterocycles. The van der Waals surface area contributed by atoms with Crippen LogP contribution in [0.4, 0.5) is 10.7 Å². The maximum absolute atomic E-state index is 12.4. The minimum atomic E-state index is -0.442. The fraction of sp³-hybridized carbons (Fsp3) is 0.368. The van der Waals surface area contributed by atoms with E-state index in [1.165, 1.54) is 11.3 Å². The van der Waals surface area contributed by atoms with E-state index in [9.17, 15) is 9.59 Å². The highest BCUT2D eigenvalue weighted by Crippen LogP contribution is 2.38. The molecular formula is C19H21ClN2O5S. The van der Waals surface area contributed by atoms with Gasteiger partial charge < -0.3 is 24.8 Å². The Kier molecular flexibility index (Phi) is 6.31. The minimum Gasteiger partial charge on any atom is -0.486 e. The van der Waals surface area contributed by atoms with E-state index in [2.05, 4.69) is 10.6 Å². The number of thiophene rings is 1. The first-order valence-corrected chi connectivity index (χ1v) is 10.00. The number of hydrogen-bond acceptors (Lipinski definition) is 7. The molecule has 3 rings (SSSR count). The van der Waals surface area contributed by atoms with Crippen LogP contribution in [0.1, 0.15) is 27.7 Å². The molecule has 0 unspecified atom stereocenters. The summed E-state index contributed by atoms with van der Waals surface area (Å²) in [6, 6.07) is 3.36. The van der Waals surface area contributed by atoms with Gasteiger partial charge in [0.1, 0.15) is 18.2 Å². The molecule has 0 saturated carbocycles. The number of aryl methyl sites for hydroxylation is 1. The van der Waals surface area contributed by atoms with Gasteiger partial charge in [-0.3, -0.25) is 4.79 Å². The second-order valence-electron chi connectivity index (χ2n) is 6.09. The number of esters is 1. The normalized spacial score (nSPS) is 12.4. The summed E-state index contributed by atoms with van der Waals surface area (Å²) in [6.45, 7) is 6.64. The van der Waals surface area contributed by atoms with Gasteiger partial charge in [0.2, 0.25) is 5.91 Å². The molecule has 0 bridgehead atoms. The van der Waals surface area contributed by atoms with Gasteiger partial charge >= 0.3 is 5.97 Å². The second-order valence-corrected chi connectivity index (χ2v) is 7.72. The Morgan fingerprint density at radius 3 is 2.57 bits per heavy atom. The van der Waals surface area contributed by atoms with Gasteiger partial charge in [-0.25, -0.2) is 4.79 Å². The van der Waals surface area contributed by atoms with Crippen molar-refractivity contribution in [3.8, 4) is 11.5 Å². The lowest BCUT2D eigenvalue weighted by atomic mass is 10.1. The third kappa shape index (κ3) is 4.34. The lowest BCUT2D eigenvalue weighted by Crippen LogP contribution is -2.23. The van der Waals surface area contributed by atoms with E-state index in [-0.39, 0.29) is 19.1 Å². The summed E-state index contributed by atoms with van der Waals surface area (Å²) in [5.41, 5.74) is 1.77. The van der Waals surface area contributed by atoms with E-state index < -0.39 is 5.97 Å². The van der Waals surface area contributed by atoms with Crippen molar-refractivity contribution in [3.63, 3.8) is 0 Å². The van der Waals surface area contributed by atoms with Crippen LogP contribution in [0.5, 0.6) is 11.5 Å². The molecular weight excluding hydrogens is 404 g/mol. The maximum Gasteiger partial charge on any atom is 0.341 e. The molecule has 9 heteroatoms. The van der Waals surface area contributed by atoms with Gasteiger partial charge in [-0.15, -0.1) is 11.3 Å². The number of benzene rings is 1. The van der Waals surface area contributed by atoms with Crippen LogP contribution in [0.2, 0.25) is 5.02 Å². The number of rotatable bonds is 6. The number of carbonyl (C=O) groups excluding carboxylic acids is 2. The van der Waals surface area contributed by atoms with Crippen molar-refractivity contribution in [2.24, 2.45) is 0 Å². The number of carbonyl (C=O) groups is 2. The van der Waals surface area contributed by atoms with Gasteiger partial charge in [-0.05, 0) is 26.3 Å². The molecule has 0 radical (unpaired) electrons. The van der Waals surface area contributed by atoms with Crippen molar-refractivity contribution in [1.29, 1.82) is 0 Å². The zero-order valence-corrected chi connectivity index (χ0v) is 17.4. The van der Waals surface area contributed by atoms with E-state index in [0.29, 0.717) is 46.0 Å². The third-order valence-corrected chi connectivity index (χ3v) is 5.62. The predicted octanol–water partition coefficient (Wildman–Crippen LogP) is 4.02. The Hall–Kier alpha value is -2.45. The average molecular weight is 425 g/mol. The molecule has 150 valence electrons. The van der Waals surface area contributed by atoms with Gasteiger partial charge in [0.05, 0.1) is 29.4 Å². The molecule has 28 heavy (non-hydrogen) atoms. The fourth-order valence-corrected chi connectivity index (χ4v) is 4.00. The zero-order valence-electron chi connectivity index (χ0n) is 15.8. The SMILES string of the molecule is CCOC(=O)c1c(NC(=O)CNc2cc3c(cc2Cl)OCCO3)sc(C)c1C. The van der Waals surface area contributed by atoms with Crippen LogP contribution in [0.15, 0.2) is 12.1 Å². The van der Waals surface area contributed by atoms with E-state index in [1.807, 2.05) is 13.8 Å². The van der Waals surface area contributed by atoms with Crippen LogP contribution in [0.25, 0.3) is 0 Å². The smallest absolute Gasteiger partial charge is 0.341 e. The molecule has 2 aromatic rings. The minimum absolute atomic E-state index is 0.0301. The van der Waals surface area contributed by atoms with Crippen LogP contribution >= 0.6 is 22.9 Å². The highest BCUT2D eigenvalue weighted by Gasteiger charge is 2.22. The lowest BCUT2D eigenvalue weighted by molar-refractivity contribution is -0.114. The van der Waals surface area contributed by atoms with Crippen molar-refractivity contribution < 1.29 is 23.8 Å². The monoisotopic (exact) mass is 424 g/mol. The highest BCUT2D eigenvalue weighted by atomic mass is 35.5. The molecule has 0 saturated heterocycles. The third-order valence-electron chi connectivity index (χ3n) is 4.19. The van der Waals surface area contributed by atoms with E-state index >= 15 is 0 Å². The first-order valence-electron chi connectivity index (χ1n) is 8.80. The molecule has 1 amide bonds. The molecule has 2 heterocycles. The van der Waals surface area contributed by atoms with Crippen molar-refractivity contribution in [2.45, 2.75) is 20.8 Å². The zero-order chi connectivity index (χ0) is 20.3. The molecule has 1 aliphatic heterocycles. The molecule has 1 aromatic carbocycles. The Balaban J connectivity index is 1.69. The van der Waals surface area contributed by atoms with Gasteiger partial charge in [0.25, 0.3) is 0 Å². The summed E-state index contributed by atoms with van der Waals surface area (Å²) in [4.78, 5) is 25.6. The lowest BCUT2D eigenvalue weighted by Gasteiger charge is -2.20. The number of nitrogens with one attached hydrogen (secondary N) is 2. The average Bonchev–Trinajstić information content (AvgIpc) is 2.93. The molecule has 0 spiro atoms. The molecule has 0 fully saturated rings. The Bertz CT molecular complexity index is 912. The van der Waals surface area contributed by atoms with Crippen LogP contribution in [0, 0.1) is 13.8 Å². The Morgan fingerprint density at radius 2 is 1.89 bits per heavy atom. The quantitative estimate of drug-likeness (QED) is 0.681. The molecule has 0 aliphatic carbocycles. The summed E-state index contributed by atoms with van der Waals surface area (Å²) < 4.78 is 16.1. The van der Waals surface area contributed by atoms with Crippen molar-refractivity contribution in [2.75, 3.05) is 37.0 Å². The summed E-state index contributed by atoms with van der Waals surface area (Å²) in [7, 11) is 0. The standard InChI is InChI=1S/C19H21ClN2O5S/c1-4-25-19(24)17-10(2)11(3)28-18(17)22-16(23)9-21-13-8-15-14(7-12(13)20)26-5-6-27-15/h7-8,21H,4-6,9H2,1-3H3,(H,22,23). The van der Waals surface area contributed by atoms with Gasteiger partial charge in [-0.1, -0.05) is 11.6 Å². The number of ether oxygens (including phenoxy) is 3. The summed E-state index contributed by atoms with van der Waals surface area (Å²) in [5, 5.41) is 6.67. The predicted molar refractivity (Wildman–Crippen MR) is 109 cm³/mol. The highest BCUT2D eigenvalue weighted by molar-refractivity contribution is 7.16.